The fourth-order valence-corrected chi connectivity index (χ4v) is 3.69. The molecule has 0 unspecified atom stereocenters. The van der Waals surface area contributed by atoms with Crippen LogP contribution in [0.15, 0.2) is 45.6 Å². The number of fused-ring (bicyclic) bond motifs is 2. The molecule has 0 spiro atoms. The monoisotopic (exact) mass is 442 g/mol. The van der Waals surface area contributed by atoms with E-state index in [0.717, 1.165) is 36.6 Å². The van der Waals surface area contributed by atoms with Crippen LogP contribution in [0.4, 0.5) is 0 Å². The van der Waals surface area contributed by atoms with E-state index in [1.165, 1.54) is 6.07 Å². The molecule has 31 heavy (non-hydrogen) atoms. The molecular weight excluding hydrogens is 420 g/mol. The third-order valence-corrected chi connectivity index (χ3v) is 5.41. The highest BCUT2D eigenvalue weighted by atomic mass is 35.5. The van der Waals surface area contributed by atoms with Gasteiger partial charge in [-0.1, -0.05) is 24.9 Å². The molecule has 0 saturated heterocycles. The van der Waals surface area contributed by atoms with Crippen LogP contribution in [-0.4, -0.2) is 25.6 Å². The van der Waals surface area contributed by atoms with E-state index in [-0.39, 0.29) is 18.1 Å². The summed E-state index contributed by atoms with van der Waals surface area (Å²) in [5.74, 6) is 1.23. The molecule has 2 heterocycles. The lowest BCUT2D eigenvalue weighted by Crippen LogP contribution is -2.12. The smallest absolute Gasteiger partial charge is 0.336 e. The van der Waals surface area contributed by atoms with Gasteiger partial charge < -0.3 is 18.6 Å². The number of carbonyl (C=O) groups excluding carboxylic acids is 1. The molecule has 1 aliphatic rings. The Morgan fingerprint density at radius 1 is 1.10 bits per heavy atom. The topological polar surface area (TPSA) is 75.0 Å². The highest BCUT2D eigenvalue weighted by molar-refractivity contribution is 6.32. The number of Topliss-reactive ketones (excluding diaryl/α,β-unsaturated/α-hetero) is 1. The van der Waals surface area contributed by atoms with Crippen LogP contribution in [0.25, 0.3) is 11.0 Å². The maximum absolute atomic E-state index is 12.7. The van der Waals surface area contributed by atoms with Crippen molar-refractivity contribution in [3.63, 3.8) is 0 Å². The fourth-order valence-electron chi connectivity index (χ4n) is 3.48. The Labute approximate surface area is 184 Å². The molecule has 0 atom stereocenters. The summed E-state index contributed by atoms with van der Waals surface area (Å²) in [5, 5.41) is 1.13. The number of ketones is 1. The molecule has 0 fully saturated rings. The van der Waals surface area contributed by atoms with Crippen molar-refractivity contribution in [2.24, 2.45) is 0 Å². The molecule has 0 bridgehead atoms. The van der Waals surface area contributed by atoms with Crippen LogP contribution >= 0.6 is 11.6 Å². The van der Waals surface area contributed by atoms with Gasteiger partial charge in [0, 0.05) is 29.5 Å². The predicted octanol–water partition coefficient (Wildman–Crippen LogP) is 5.21. The molecule has 1 aliphatic heterocycles. The largest absolute Gasteiger partial charge is 0.490 e. The summed E-state index contributed by atoms with van der Waals surface area (Å²) in [5.41, 5.74) is 1.32. The van der Waals surface area contributed by atoms with Gasteiger partial charge >= 0.3 is 5.63 Å². The predicted molar refractivity (Wildman–Crippen MR) is 118 cm³/mol. The second kappa shape index (κ2) is 9.43. The minimum absolute atomic E-state index is 0.218. The highest BCUT2D eigenvalue weighted by Crippen LogP contribution is 2.33. The number of hydrogen-bond donors (Lipinski definition) is 0. The van der Waals surface area contributed by atoms with E-state index < -0.39 is 5.63 Å². The average Bonchev–Trinajstić information content (AvgIpc) is 3.01. The SMILES string of the molecule is CCCCc1cc(=O)oc2cc(OCC(=O)c3ccc4c(c3)OCCCO4)c(Cl)cc12. The van der Waals surface area contributed by atoms with Gasteiger partial charge in [-0.3, -0.25) is 4.79 Å². The number of benzene rings is 2. The fraction of sp³-hybridized carbons (Fsp3) is 0.333. The molecule has 0 amide bonds. The van der Waals surface area contributed by atoms with E-state index in [4.69, 9.17) is 30.2 Å². The third kappa shape index (κ3) is 4.85. The van der Waals surface area contributed by atoms with Gasteiger partial charge in [0.05, 0.1) is 18.2 Å². The molecule has 3 aromatic rings. The van der Waals surface area contributed by atoms with E-state index in [9.17, 15) is 9.59 Å². The summed E-state index contributed by atoms with van der Waals surface area (Å²) in [6, 6.07) is 9.85. The molecule has 1 aromatic heterocycles. The minimum atomic E-state index is -0.421. The maximum Gasteiger partial charge on any atom is 0.336 e. The minimum Gasteiger partial charge on any atom is -0.490 e. The molecule has 0 aliphatic carbocycles. The molecule has 7 heteroatoms. The van der Waals surface area contributed by atoms with Crippen molar-refractivity contribution < 1.29 is 23.4 Å². The lowest BCUT2D eigenvalue weighted by atomic mass is 10.0. The summed E-state index contributed by atoms with van der Waals surface area (Å²) in [6.07, 6.45) is 3.52. The Kier molecular flexibility index (Phi) is 6.47. The van der Waals surface area contributed by atoms with E-state index in [0.29, 0.717) is 40.9 Å². The zero-order valence-corrected chi connectivity index (χ0v) is 18.0. The lowest BCUT2D eigenvalue weighted by Gasteiger charge is -2.12. The van der Waals surface area contributed by atoms with Crippen molar-refractivity contribution in [2.75, 3.05) is 19.8 Å². The Morgan fingerprint density at radius 3 is 2.71 bits per heavy atom. The normalized spacial score (nSPS) is 13.1. The van der Waals surface area contributed by atoms with Crippen LogP contribution in [0, 0.1) is 0 Å². The highest BCUT2D eigenvalue weighted by Gasteiger charge is 2.16. The van der Waals surface area contributed by atoms with Crippen molar-refractivity contribution >= 4 is 28.4 Å². The summed E-state index contributed by atoms with van der Waals surface area (Å²) >= 11 is 6.40. The first-order chi connectivity index (χ1) is 15.0. The van der Waals surface area contributed by atoms with Crippen molar-refractivity contribution in [2.45, 2.75) is 32.6 Å². The molecule has 4 rings (SSSR count). The Hall–Kier alpha value is -2.99. The number of carbonyl (C=O) groups is 1. The molecule has 0 saturated carbocycles. The number of rotatable bonds is 7. The standard InChI is InChI=1S/C24H23ClO6/c1-2-3-5-15-11-24(27)31-21-13-22(18(25)12-17(15)21)30-14-19(26)16-6-7-20-23(10-16)29-9-4-8-28-20/h6-7,10-13H,2-5,8-9,14H2,1H3. The van der Waals surface area contributed by atoms with Crippen LogP contribution < -0.4 is 19.8 Å². The van der Waals surface area contributed by atoms with Crippen molar-refractivity contribution in [3.05, 3.63) is 63.0 Å². The van der Waals surface area contributed by atoms with Gasteiger partial charge in [0.2, 0.25) is 0 Å². The van der Waals surface area contributed by atoms with Gasteiger partial charge in [-0.2, -0.15) is 0 Å². The molecular formula is C24H23ClO6. The van der Waals surface area contributed by atoms with Crippen LogP contribution in [0.3, 0.4) is 0 Å². The first-order valence-corrected chi connectivity index (χ1v) is 10.7. The number of aryl methyl sites for hydroxylation is 1. The summed E-state index contributed by atoms with van der Waals surface area (Å²) in [6.45, 7) is 3.00. The van der Waals surface area contributed by atoms with Gasteiger partial charge in [-0.05, 0) is 42.7 Å². The summed E-state index contributed by atoms with van der Waals surface area (Å²) < 4.78 is 22.2. The van der Waals surface area contributed by atoms with E-state index in [2.05, 4.69) is 6.92 Å². The average molecular weight is 443 g/mol. The quantitative estimate of drug-likeness (QED) is 0.369. The number of halogens is 1. The Morgan fingerprint density at radius 2 is 1.90 bits per heavy atom. The van der Waals surface area contributed by atoms with Gasteiger partial charge in [-0.15, -0.1) is 0 Å². The number of hydrogen-bond acceptors (Lipinski definition) is 6. The lowest BCUT2D eigenvalue weighted by molar-refractivity contribution is 0.0921. The van der Waals surface area contributed by atoms with E-state index in [1.54, 1.807) is 30.3 Å². The second-order valence-corrected chi connectivity index (χ2v) is 7.80. The van der Waals surface area contributed by atoms with E-state index in [1.807, 2.05) is 0 Å². The van der Waals surface area contributed by atoms with Crippen LogP contribution in [-0.2, 0) is 6.42 Å². The van der Waals surface area contributed by atoms with Crippen LogP contribution in [0.5, 0.6) is 17.2 Å². The van der Waals surface area contributed by atoms with Crippen LogP contribution in [0.2, 0.25) is 5.02 Å². The summed E-state index contributed by atoms with van der Waals surface area (Å²) in [7, 11) is 0. The van der Waals surface area contributed by atoms with Gasteiger partial charge in [0.15, 0.2) is 23.9 Å². The molecule has 0 N–H and O–H groups in total. The van der Waals surface area contributed by atoms with Crippen LogP contribution in [0.1, 0.15) is 42.1 Å². The molecule has 0 radical (unpaired) electrons. The van der Waals surface area contributed by atoms with Crippen molar-refractivity contribution in [1.29, 1.82) is 0 Å². The Balaban J connectivity index is 1.53. The van der Waals surface area contributed by atoms with E-state index >= 15 is 0 Å². The molecule has 6 nitrogen and oxygen atoms in total. The Bertz CT molecular complexity index is 1170. The first kappa shape index (κ1) is 21.2. The van der Waals surface area contributed by atoms with Crippen molar-refractivity contribution in [1.82, 2.24) is 0 Å². The molecule has 2 aromatic carbocycles. The van der Waals surface area contributed by atoms with Gasteiger partial charge in [-0.25, -0.2) is 4.79 Å². The van der Waals surface area contributed by atoms with Crippen molar-refractivity contribution in [3.8, 4) is 17.2 Å². The zero-order valence-electron chi connectivity index (χ0n) is 17.2. The number of ether oxygens (including phenoxy) is 3. The molecule has 162 valence electrons. The van der Waals surface area contributed by atoms with Gasteiger partial charge in [0.1, 0.15) is 11.3 Å². The number of unbranched alkanes of at least 4 members (excludes halogenated alkanes) is 1. The summed E-state index contributed by atoms with van der Waals surface area (Å²) in [4.78, 5) is 24.6. The maximum atomic E-state index is 12.7. The third-order valence-electron chi connectivity index (χ3n) is 5.11. The second-order valence-electron chi connectivity index (χ2n) is 7.40. The first-order valence-electron chi connectivity index (χ1n) is 10.4. The van der Waals surface area contributed by atoms with Gasteiger partial charge in [0.25, 0.3) is 0 Å². The zero-order chi connectivity index (χ0) is 21.8.